The highest BCUT2D eigenvalue weighted by molar-refractivity contribution is 5.94. The van der Waals surface area contributed by atoms with Gasteiger partial charge in [0, 0.05) is 5.56 Å². The first kappa shape index (κ1) is 16.0. The molecule has 2 aromatic rings. The molecule has 1 amide bonds. The molecule has 1 fully saturated rings. The fourth-order valence-electron chi connectivity index (χ4n) is 3.26. The maximum atomic E-state index is 12.7. The molecule has 0 bridgehead atoms. The van der Waals surface area contributed by atoms with Crippen LogP contribution in [0.25, 0.3) is 0 Å². The van der Waals surface area contributed by atoms with Crippen LogP contribution in [0.5, 0.6) is 11.5 Å². The summed E-state index contributed by atoms with van der Waals surface area (Å²) in [5.41, 5.74) is 4.13. The van der Waals surface area contributed by atoms with Crippen molar-refractivity contribution in [2.45, 2.75) is 32.7 Å². The highest BCUT2D eigenvalue weighted by Gasteiger charge is 2.34. The Morgan fingerprint density at radius 3 is 2.48 bits per heavy atom. The van der Waals surface area contributed by atoms with E-state index in [1.165, 1.54) is 5.56 Å². The number of carbonyl (C=O) groups excluding carboxylic acids is 1. The van der Waals surface area contributed by atoms with E-state index in [2.05, 4.69) is 12.2 Å². The summed E-state index contributed by atoms with van der Waals surface area (Å²) in [5, 5.41) is 3.23. The van der Waals surface area contributed by atoms with E-state index in [-0.39, 0.29) is 11.9 Å². The van der Waals surface area contributed by atoms with Gasteiger partial charge in [0.2, 0.25) is 0 Å². The molecule has 130 valence electrons. The van der Waals surface area contributed by atoms with Crippen LogP contribution < -0.4 is 14.8 Å². The predicted octanol–water partition coefficient (Wildman–Crippen LogP) is 3.96. The second kappa shape index (κ2) is 6.43. The summed E-state index contributed by atoms with van der Waals surface area (Å²) in [6.07, 6.45) is 2.29. The van der Waals surface area contributed by atoms with Gasteiger partial charge in [-0.1, -0.05) is 12.1 Å². The number of carbonyl (C=O) groups is 1. The van der Waals surface area contributed by atoms with E-state index in [0.29, 0.717) is 24.7 Å². The van der Waals surface area contributed by atoms with Gasteiger partial charge in [-0.05, 0) is 73.6 Å². The number of nitrogens with one attached hydrogen (secondary N) is 1. The van der Waals surface area contributed by atoms with E-state index in [1.807, 2.05) is 43.3 Å². The number of amides is 1. The van der Waals surface area contributed by atoms with Crippen LogP contribution in [0.4, 0.5) is 0 Å². The average molecular weight is 337 g/mol. The number of hydrogen-bond acceptors (Lipinski definition) is 3. The molecule has 1 aliphatic carbocycles. The molecule has 4 heteroatoms. The van der Waals surface area contributed by atoms with Crippen molar-refractivity contribution in [2.75, 3.05) is 13.2 Å². The Bertz CT molecular complexity index is 811. The van der Waals surface area contributed by atoms with Gasteiger partial charge in [-0.15, -0.1) is 0 Å². The first-order valence-corrected chi connectivity index (χ1v) is 8.89. The Labute approximate surface area is 148 Å². The standard InChI is InChI=1S/C21H23NO3/c1-13-3-4-17(11-14(13)2)21(23)22-20(15-5-6-15)16-7-8-18-19(12-16)25-10-9-24-18/h3-4,7-8,11-12,15,20H,5-6,9-10H2,1-2H3,(H,22,23). The summed E-state index contributed by atoms with van der Waals surface area (Å²) in [6.45, 7) is 5.24. The Hall–Kier alpha value is -2.49. The molecule has 25 heavy (non-hydrogen) atoms. The van der Waals surface area contributed by atoms with Gasteiger partial charge in [-0.25, -0.2) is 0 Å². The minimum atomic E-state index is -0.0186. The molecule has 4 nitrogen and oxygen atoms in total. The molecule has 2 aromatic carbocycles. The zero-order chi connectivity index (χ0) is 17.4. The minimum Gasteiger partial charge on any atom is -0.486 e. The van der Waals surface area contributed by atoms with Crippen molar-refractivity contribution < 1.29 is 14.3 Å². The molecule has 1 saturated carbocycles. The van der Waals surface area contributed by atoms with Crippen molar-refractivity contribution >= 4 is 5.91 Å². The second-order valence-electron chi connectivity index (χ2n) is 6.99. The number of fused-ring (bicyclic) bond motifs is 1. The molecular weight excluding hydrogens is 314 g/mol. The van der Waals surface area contributed by atoms with Gasteiger partial charge in [0.15, 0.2) is 11.5 Å². The number of hydrogen-bond donors (Lipinski definition) is 1. The fraction of sp³-hybridized carbons (Fsp3) is 0.381. The molecule has 0 radical (unpaired) electrons. The molecule has 0 spiro atoms. The Kier molecular flexibility index (Phi) is 4.12. The lowest BCUT2D eigenvalue weighted by molar-refractivity contribution is 0.0931. The summed E-state index contributed by atoms with van der Waals surface area (Å²) in [5.74, 6) is 2.04. The van der Waals surface area contributed by atoms with Crippen LogP contribution in [0.3, 0.4) is 0 Å². The van der Waals surface area contributed by atoms with Crippen molar-refractivity contribution in [1.82, 2.24) is 5.32 Å². The summed E-state index contributed by atoms with van der Waals surface area (Å²) < 4.78 is 11.3. The molecule has 2 aliphatic rings. The zero-order valence-electron chi connectivity index (χ0n) is 14.7. The van der Waals surface area contributed by atoms with Gasteiger partial charge in [0.25, 0.3) is 5.91 Å². The number of aryl methyl sites for hydroxylation is 2. The van der Waals surface area contributed by atoms with E-state index in [9.17, 15) is 4.79 Å². The first-order chi connectivity index (χ1) is 12.1. The van der Waals surface area contributed by atoms with Crippen LogP contribution >= 0.6 is 0 Å². The Morgan fingerprint density at radius 1 is 1.00 bits per heavy atom. The Balaban J connectivity index is 1.57. The maximum Gasteiger partial charge on any atom is 0.251 e. The van der Waals surface area contributed by atoms with Crippen molar-refractivity contribution in [2.24, 2.45) is 5.92 Å². The molecule has 1 aliphatic heterocycles. The van der Waals surface area contributed by atoms with Gasteiger partial charge in [0.05, 0.1) is 6.04 Å². The van der Waals surface area contributed by atoms with Crippen LogP contribution in [-0.4, -0.2) is 19.1 Å². The smallest absolute Gasteiger partial charge is 0.251 e. The monoisotopic (exact) mass is 337 g/mol. The van der Waals surface area contributed by atoms with E-state index in [1.54, 1.807) is 0 Å². The minimum absolute atomic E-state index is 0.0185. The summed E-state index contributed by atoms with van der Waals surface area (Å²) in [6, 6.07) is 11.9. The van der Waals surface area contributed by atoms with Gasteiger partial charge in [-0.2, -0.15) is 0 Å². The van der Waals surface area contributed by atoms with Crippen LogP contribution in [-0.2, 0) is 0 Å². The van der Waals surface area contributed by atoms with Gasteiger partial charge < -0.3 is 14.8 Å². The summed E-state index contributed by atoms with van der Waals surface area (Å²) in [7, 11) is 0. The topological polar surface area (TPSA) is 47.6 Å². The highest BCUT2D eigenvalue weighted by atomic mass is 16.6. The molecule has 1 heterocycles. The SMILES string of the molecule is Cc1ccc(C(=O)NC(c2ccc3c(c2)OCCO3)C2CC2)cc1C. The van der Waals surface area contributed by atoms with E-state index in [0.717, 1.165) is 35.5 Å². The number of rotatable bonds is 4. The molecular formula is C21H23NO3. The summed E-state index contributed by atoms with van der Waals surface area (Å²) in [4.78, 5) is 12.7. The van der Waals surface area contributed by atoms with Gasteiger partial charge in [-0.3, -0.25) is 4.79 Å². The Morgan fingerprint density at radius 2 is 1.76 bits per heavy atom. The van der Waals surface area contributed by atoms with Gasteiger partial charge >= 0.3 is 0 Å². The van der Waals surface area contributed by atoms with Crippen LogP contribution in [0.15, 0.2) is 36.4 Å². The molecule has 0 aromatic heterocycles. The normalized spacial score (nSPS) is 17.0. The van der Waals surface area contributed by atoms with Crippen LogP contribution in [0.1, 0.15) is 45.9 Å². The lowest BCUT2D eigenvalue weighted by Gasteiger charge is -2.23. The third-order valence-corrected chi connectivity index (χ3v) is 5.07. The van der Waals surface area contributed by atoms with E-state index < -0.39 is 0 Å². The average Bonchev–Trinajstić information content (AvgIpc) is 3.46. The summed E-state index contributed by atoms with van der Waals surface area (Å²) >= 11 is 0. The van der Waals surface area contributed by atoms with E-state index >= 15 is 0 Å². The largest absolute Gasteiger partial charge is 0.486 e. The lowest BCUT2D eigenvalue weighted by Crippen LogP contribution is -2.30. The highest BCUT2D eigenvalue weighted by Crippen LogP contribution is 2.43. The van der Waals surface area contributed by atoms with Crippen molar-refractivity contribution in [3.63, 3.8) is 0 Å². The van der Waals surface area contributed by atoms with Crippen molar-refractivity contribution in [3.05, 3.63) is 58.7 Å². The predicted molar refractivity (Wildman–Crippen MR) is 96.3 cm³/mol. The molecule has 1 unspecified atom stereocenters. The molecule has 0 saturated heterocycles. The maximum absolute atomic E-state index is 12.7. The zero-order valence-corrected chi connectivity index (χ0v) is 14.7. The number of ether oxygens (including phenoxy) is 2. The quantitative estimate of drug-likeness (QED) is 0.919. The second-order valence-corrected chi connectivity index (χ2v) is 6.99. The number of benzene rings is 2. The van der Waals surface area contributed by atoms with Crippen molar-refractivity contribution in [1.29, 1.82) is 0 Å². The molecule has 1 atom stereocenters. The van der Waals surface area contributed by atoms with E-state index in [4.69, 9.17) is 9.47 Å². The third-order valence-electron chi connectivity index (χ3n) is 5.07. The molecule has 4 rings (SSSR count). The third kappa shape index (κ3) is 3.34. The van der Waals surface area contributed by atoms with Crippen LogP contribution in [0.2, 0.25) is 0 Å². The lowest BCUT2D eigenvalue weighted by atomic mass is 10.00. The van der Waals surface area contributed by atoms with Crippen LogP contribution in [0, 0.1) is 19.8 Å². The first-order valence-electron chi connectivity index (χ1n) is 8.89. The van der Waals surface area contributed by atoms with Gasteiger partial charge in [0.1, 0.15) is 13.2 Å². The van der Waals surface area contributed by atoms with Crippen molar-refractivity contribution in [3.8, 4) is 11.5 Å². The molecule has 1 N–H and O–H groups in total. The fourth-order valence-corrected chi connectivity index (χ4v) is 3.26.